The summed E-state index contributed by atoms with van der Waals surface area (Å²) < 4.78 is 7.61. The van der Waals surface area contributed by atoms with Gasteiger partial charge in [-0.2, -0.15) is 0 Å². The number of fused-ring (bicyclic) bond motifs is 1. The molecule has 2 heterocycles. The van der Waals surface area contributed by atoms with E-state index in [9.17, 15) is 4.79 Å². The summed E-state index contributed by atoms with van der Waals surface area (Å²) in [4.78, 5) is 15.2. The van der Waals surface area contributed by atoms with E-state index in [0.717, 1.165) is 29.3 Å². The first-order valence-electron chi connectivity index (χ1n) is 12.0. The number of nitrogens with one attached hydrogen (secondary N) is 1. The second-order valence-corrected chi connectivity index (χ2v) is 9.80. The Morgan fingerprint density at radius 3 is 2.53 bits per heavy atom. The maximum atomic E-state index is 13.3. The zero-order chi connectivity index (χ0) is 25.1. The summed E-state index contributed by atoms with van der Waals surface area (Å²) in [6, 6.07) is 24.3. The molecule has 1 atom stereocenters. The van der Waals surface area contributed by atoms with Crippen molar-refractivity contribution in [1.29, 1.82) is 0 Å². The normalized spacial score (nSPS) is 14.5. The van der Waals surface area contributed by atoms with Crippen LogP contribution in [0.15, 0.2) is 78.0 Å². The second kappa shape index (κ2) is 10.5. The molecule has 1 N–H and O–H groups in total. The molecule has 1 aliphatic rings. The number of hydrogen-bond donors (Lipinski definition) is 1. The number of amides is 1. The van der Waals surface area contributed by atoms with Crippen LogP contribution >= 0.6 is 11.8 Å². The monoisotopic (exact) mass is 499 g/mol. The van der Waals surface area contributed by atoms with Gasteiger partial charge in [-0.1, -0.05) is 59.8 Å². The molecule has 8 heteroatoms. The van der Waals surface area contributed by atoms with E-state index in [2.05, 4.69) is 47.6 Å². The number of ether oxygens (including phenoxy) is 1. The van der Waals surface area contributed by atoms with Crippen molar-refractivity contribution in [2.24, 2.45) is 0 Å². The summed E-state index contributed by atoms with van der Waals surface area (Å²) >= 11 is 1.39. The number of benzene rings is 3. The molecule has 36 heavy (non-hydrogen) atoms. The van der Waals surface area contributed by atoms with Gasteiger partial charge in [0, 0.05) is 17.4 Å². The number of anilines is 2. The van der Waals surface area contributed by atoms with Gasteiger partial charge in [-0.25, -0.2) is 0 Å². The van der Waals surface area contributed by atoms with Crippen LogP contribution < -0.4 is 15.0 Å². The van der Waals surface area contributed by atoms with E-state index < -0.39 is 0 Å². The Balaban J connectivity index is 1.40. The van der Waals surface area contributed by atoms with Gasteiger partial charge < -0.3 is 15.0 Å². The van der Waals surface area contributed by atoms with Crippen LogP contribution in [0.3, 0.4) is 0 Å². The van der Waals surface area contributed by atoms with Crippen LogP contribution in [0.5, 0.6) is 5.75 Å². The van der Waals surface area contributed by atoms with E-state index in [1.807, 2.05) is 64.1 Å². The largest absolute Gasteiger partial charge is 0.495 e. The molecule has 0 bridgehead atoms. The third-order valence-electron chi connectivity index (χ3n) is 6.33. The highest BCUT2D eigenvalue weighted by atomic mass is 32.2. The lowest BCUT2D eigenvalue weighted by Gasteiger charge is -2.22. The average molecular weight is 500 g/mol. The van der Waals surface area contributed by atoms with Gasteiger partial charge in [0.05, 0.1) is 25.1 Å². The molecule has 5 rings (SSSR count). The molecule has 0 saturated carbocycles. The molecule has 7 nitrogen and oxygen atoms in total. The Labute approximate surface area is 215 Å². The molecule has 0 saturated heterocycles. The Bertz CT molecular complexity index is 1370. The molecule has 0 aliphatic carbocycles. The minimum atomic E-state index is 0.0614. The summed E-state index contributed by atoms with van der Waals surface area (Å²) in [5.41, 5.74) is 5.26. The summed E-state index contributed by atoms with van der Waals surface area (Å²) in [6.07, 6.45) is 0.874. The molecule has 4 aromatic rings. The number of rotatable bonds is 8. The summed E-state index contributed by atoms with van der Waals surface area (Å²) in [5.74, 6) is 1.77. The van der Waals surface area contributed by atoms with Gasteiger partial charge in [0.2, 0.25) is 5.91 Å². The Hall–Kier alpha value is -3.78. The highest BCUT2D eigenvalue weighted by molar-refractivity contribution is 7.99. The number of thioether (sulfide) groups is 1. The first-order chi connectivity index (χ1) is 17.5. The summed E-state index contributed by atoms with van der Waals surface area (Å²) in [5, 5.41) is 13.0. The third kappa shape index (κ3) is 4.81. The zero-order valence-corrected chi connectivity index (χ0v) is 21.5. The molecule has 0 fully saturated rings. The molecule has 0 unspecified atom stereocenters. The van der Waals surface area contributed by atoms with Gasteiger partial charge in [0.25, 0.3) is 0 Å². The number of carbonyl (C=O) groups is 1. The van der Waals surface area contributed by atoms with Crippen LogP contribution in [0, 0.1) is 6.92 Å². The van der Waals surface area contributed by atoms with Gasteiger partial charge in [0.15, 0.2) is 11.0 Å². The lowest BCUT2D eigenvalue weighted by molar-refractivity contribution is -0.116. The summed E-state index contributed by atoms with van der Waals surface area (Å²) in [7, 11) is 1.65. The molecular formula is C28H29N5O2S. The third-order valence-corrected chi connectivity index (χ3v) is 7.24. The van der Waals surface area contributed by atoms with Crippen molar-refractivity contribution in [3.8, 4) is 11.4 Å². The molecule has 0 radical (unpaired) electrons. The Morgan fingerprint density at radius 1 is 1.03 bits per heavy atom. The van der Waals surface area contributed by atoms with E-state index in [1.54, 1.807) is 7.11 Å². The SMILES string of the molecule is COc1ccccc1-n1c(CNc2ccc(C)cc2)nnc1SCC(=O)N1c2ccccc2C[C@@H]1C. The van der Waals surface area contributed by atoms with Gasteiger partial charge >= 0.3 is 0 Å². The van der Waals surface area contributed by atoms with Crippen molar-refractivity contribution in [3.63, 3.8) is 0 Å². The lowest BCUT2D eigenvalue weighted by Crippen LogP contribution is -2.37. The predicted octanol–water partition coefficient (Wildman–Crippen LogP) is 5.27. The minimum Gasteiger partial charge on any atom is -0.495 e. The molecule has 0 spiro atoms. The van der Waals surface area contributed by atoms with E-state index in [0.29, 0.717) is 17.5 Å². The highest BCUT2D eigenvalue weighted by Crippen LogP contribution is 2.34. The van der Waals surface area contributed by atoms with Crippen molar-refractivity contribution in [2.75, 3.05) is 23.1 Å². The first kappa shape index (κ1) is 23.9. The fourth-order valence-electron chi connectivity index (χ4n) is 4.56. The molecule has 184 valence electrons. The maximum absolute atomic E-state index is 13.3. The maximum Gasteiger partial charge on any atom is 0.237 e. The number of nitrogens with zero attached hydrogens (tertiary/aromatic N) is 4. The number of aryl methyl sites for hydroxylation is 1. The highest BCUT2D eigenvalue weighted by Gasteiger charge is 2.31. The average Bonchev–Trinajstić information content (AvgIpc) is 3.46. The second-order valence-electron chi connectivity index (χ2n) is 8.86. The van der Waals surface area contributed by atoms with Gasteiger partial charge in [-0.15, -0.1) is 10.2 Å². The number of aromatic nitrogens is 3. The quantitative estimate of drug-likeness (QED) is 0.333. The van der Waals surface area contributed by atoms with Gasteiger partial charge in [0.1, 0.15) is 5.75 Å². The zero-order valence-electron chi connectivity index (χ0n) is 20.6. The van der Waals surface area contributed by atoms with Crippen LogP contribution in [0.2, 0.25) is 0 Å². The lowest BCUT2D eigenvalue weighted by atomic mass is 10.1. The van der Waals surface area contributed by atoms with E-state index in [-0.39, 0.29) is 17.7 Å². The van der Waals surface area contributed by atoms with Gasteiger partial charge in [-0.3, -0.25) is 9.36 Å². The molecule has 1 aromatic heterocycles. The van der Waals surface area contributed by atoms with E-state index in [4.69, 9.17) is 4.74 Å². The molecule has 3 aromatic carbocycles. The number of methoxy groups -OCH3 is 1. The van der Waals surface area contributed by atoms with Crippen molar-refractivity contribution < 1.29 is 9.53 Å². The van der Waals surface area contributed by atoms with Crippen LogP contribution in [0.25, 0.3) is 5.69 Å². The first-order valence-corrected chi connectivity index (χ1v) is 12.9. The Morgan fingerprint density at radius 2 is 1.75 bits per heavy atom. The van der Waals surface area contributed by atoms with Crippen LogP contribution in [-0.4, -0.2) is 39.6 Å². The number of carbonyl (C=O) groups excluding carboxylic acids is 1. The predicted molar refractivity (Wildman–Crippen MR) is 144 cm³/mol. The topological polar surface area (TPSA) is 72.3 Å². The van der Waals surface area contributed by atoms with Gasteiger partial charge in [-0.05, 0) is 56.2 Å². The Kier molecular flexibility index (Phi) is 6.95. The fraction of sp³-hybridized carbons (Fsp3) is 0.250. The molecule has 1 amide bonds. The van der Waals surface area contributed by atoms with Crippen LogP contribution in [0.1, 0.15) is 23.9 Å². The minimum absolute atomic E-state index is 0.0614. The smallest absolute Gasteiger partial charge is 0.237 e. The van der Waals surface area contributed by atoms with E-state index >= 15 is 0 Å². The molecule has 1 aliphatic heterocycles. The standard InChI is InChI=1S/C28H29N5O2S/c1-19-12-14-22(15-13-19)29-17-26-30-31-28(33(26)24-10-6-7-11-25(24)35-3)36-18-27(34)32-20(2)16-21-8-4-5-9-23(21)32/h4-15,20,29H,16-18H2,1-3H3/t20-/m0/s1. The molecular weight excluding hydrogens is 470 g/mol. The van der Waals surface area contributed by atoms with Crippen molar-refractivity contribution in [2.45, 2.75) is 38.0 Å². The fourth-order valence-corrected chi connectivity index (χ4v) is 5.38. The van der Waals surface area contributed by atoms with Crippen molar-refractivity contribution in [3.05, 3.63) is 89.7 Å². The van der Waals surface area contributed by atoms with Crippen molar-refractivity contribution in [1.82, 2.24) is 14.8 Å². The number of hydrogen-bond acceptors (Lipinski definition) is 6. The van der Waals surface area contributed by atoms with E-state index in [1.165, 1.54) is 22.9 Å². The van der Waals surface area contributed by atoms with Crippen molar-refractivity contribution >= 4 is 29.0 Å². The number of para-hydroxylation sites is 3. The van der Waals surface area contributed by atoms with Crippen LogP contribution in [-0.2, 0) is 17.8 Å². The summed E-state index contributed by atoms with van der Waals surface area (Å²) in [6.45, 7) is 4.63. The van der Waals surface area contributed by atoms with Crippen LogP contribution in [0.4, 0.5) is 11.4 Å².